The Balaban J connectivity index is 1.41. The Hall–Kier alpha value is -2.14. The lowest BCUT2D eigenvalue weighted by Crippen LogP contribution is -2.79. The van der Waals surface area contributed by atoms with Crippen LogP contribution in [0.5, 0.6) is 0 Å². The summed E-state index contributed by atoms with van der Waals surface area (Å²) in [6, 6.07) is 0. The van der Waals surface area contributed by atoms with Crippen molar-refractivity contribution in [2.24, 2.45) is 34.5 Å². The van der Waals surface area contributed by atoms with E-state index in [1.807, 2.05) is 19.9 Å². The highest BCUT2D eigenvalue weighted by molar-refractivity contribution is 5.99. The normalized spacial score (nSPS) is 59.7. The summed E-state index contributed by atoms with van der Waals surface area (Å²) in [6.45, 7) is 5.18. The van der Waals surface area contributed by atoms with Crippen LogP contribution in [0.3, 0.4) is 0 Å². The minimum Gasteiger partial charge on any atom is -0.458 e. The van der Waals surface area contributed by atoms with Gasteiger partial charge in [-0.25, -0.2) is 4.79 Å². The van der Waals surface area contributed by atoms with Gasteiger partial charge < -0.3 is 29.2 Å². The first-order valence-corrected chi connectivity index (χ1v) is 13.8. The molecule has 0 aromatic carbocycles. The standard InChI is InChI=1S/C28H32O10/c1-23-10-18-25(3)28-19(23)20(31)27(38-28,35-11-16(23)21(32)36-18)15-5-4-12-8-13(29)9-17(30)24(12,2)14(15)6-7-26(28,34)22(33)37-25/h4,13-16,18-19,29,34H,5-11H2,1-3H3/t13-,14-,15+,16+,18+,19-,23+,24-,25-,26-,27+,28-/m0/s1. The van der Waals surface area contributed by atoms with Gasteiger partial charge in [0.2, 0.25) is 5.79 Å². The van der Waals surface area contributed by atoms with Gasteiger partial charge in [-0.3, -0.25) is 14.4 Å². The first-order valence-electron chi connectivity index (χ1n) is 13.8. The second kappa shape index (κ2) is 6.43. The zero-order valence-electron chi connectivity index (χ0n) is 21.7. The third-order valence-corrected chi connectivity index (χ3v) is 12.3. The van der Waals surface area contributed by atoms with Gasteiger partial charge >= 0.3 is 11.9 Å². The van der Waals surface area contributed by atoms with Gasteiger partial charge in [-0.2, -0.15) is 0 Å². The van der Waals surface area contributed by atoms with Crippen LogP contribution in [-0.2, 0) is 38.1 Å². The molecular weight excluding hydrogens is 496 g/mol. The molecule has 0 aromatic heterocycles. The van der Waals surface area contributed by atoms with Crippen LogP contribution in [0.1, 0.15) is 59.3 Å². The van der Waals surface area contributed by atoms with E-state index in [0.717, 1.165) is 5.57 Å². The number of aliphatic hydroxyl groups is 2. The summed E-state index contributed by atoms with van der Waals surface area (Å²) in [7, 11) is 0. The molecule has 38 heavy (non-hydrogen) atoms. The number of Topliss-reactive ketones (excluding diaryl/α,β-unsaturated/α-hetero) is 2. The van der Waals surface area contributed by atoms with Crippen molar-refractivity contribution in [2.75, 3.05) is 6.61 Å². The Morgan fingerprint density at radius 3 is 2.58 bits per heavy atom. The molecule has 0 unspecified atom stereocenters. The molecule has 2 spiro atoms. The SMILES string of the molecule is C[C@]12C(=O)C[C@@H](O)CC1=CC[C@@H]1[C@@H]2CC[C@]2(O)C(=O)O[C@@]3(C)[C@H]4C[C@]5(C)[C@H](CO[C@@]16O[C@@]32[C@H]5C6=O)C(=O)O4. The Morgan fingerprint density at radius 2 is 1.82 bits per heavy atom. The smallest absolute Gasteiger partial charge is 0.342 e. The summed E-state index contributed by atoms with van der Waals surface area (Å²) >= 11 is 0. The van der Waals surface area contributed by atoms with Gasteiger partial charge in [-0.1, -0.05) is 18.6 Å². The molecule has 8 aliphatic rings. The van der Waals surface area contributed by atoms with Crippen LogP contribution < -0.4 is 0 Å². The number of rotatable bonds is 0. The highest BCUT2D eigenvalue weighted by atomic mass is 16.8. The van der Waals surface area contributed by atoms with Crippen LogP contribution in [0.4, 0.5) is 0 Å². The van der Waals surface area contributed by atoms with Crippen molar-refractivity contribution >= 4 is 23.5 Å². The maximum absolute atomic E-state index is 14.9. The van der Waals surface area contributed by atoms with E-state index in [4.69, 9.17) is 18.9 Å². The van der Waals surface area contributed by atoms with E-state index in [1.165, 1.54) is 0 Å². The number of aliphatic hydroxyl groups excluding tert-OH is 1. The van der Waals surface area contributed by atoms with Crippen LogP contribution in [0, 0.1) is 34.5 Å². The maximum Gasteiger partial charge on any atom is 0.342 e. The predicted octanol–water partition coefficient (Wildman–Crippen LogP) is 0.752. The Bertz CT molecular complexity index is 1290. The average molecular weight is 529 g/mol. The number of ketones is 2. The largest absolute Gasteiger partial charge is 0.458 e. The number of carbonyl (C=O) groups excluding carboxylic acids is 4. The van der Waals surface area contributed by atoms with E-state index in [1.54, 1.807) is 6.92 Å². The maximum atomic E-state index is 14.9. The number of carbonyl (C=O) groups is 4. The Kier molecular flexibility index (Phi) is 4.01. The summed E-state index contributed by atoms with van der Waals surface area (Å²) in [5.74, 6) is -6.74. The topological polar surface area (TPSA) is 146 Å². The Labute approximate surface area is 219 Å². The van der Waals surface area contributed by atoms with Crippen molar-refractivity contribution in [1.82, 2.24) is 0 Å². The van der Waals surface area contributed by atoms with E-state index < -0.39 is 81.2 Å². The molecule has 10 nitrogen and oxygen atoms in total. The van der Waals surface area contributed by atoms with Crippen LogP contribution in [-0.4, -0.2) is 75.1 Å². The first-order chi connectivity index (χ1) is 17.8. The fourth-order valence-electron chi connectivity index (χ4n) is 10.3. The zero-order chi connectivity index (χ0) is 26.8. The van der Waals surface area contributed by atoms with Crippen molar-refractivity contribution in [3.05, 3.63) is 11.6 Å². The molecule has 0 aromatic rings. The highest BCUT2D eigenvalue weighted by Crippen LogP contribution is 2.75. The molecule has 5 aliphatic heterocycles. The van der Waals surface area contributed by atoms with Crippen molar-refractivity contribution in [1.29, 1.82) is 0 Å². The van der Waals surface area contributed by atoms with Crippen LogP contribution >= 0.6 is 0 Å². The number of allylic oxidation sites excluding steroid dienone is 1. The molecule has 5 bridgehead atoms. The Morgan fingerprint density at radius 1 is 1.05 bits per heavy atom. The second-order valence-corrected chi connectivity index (χ2v) is 13.6. The zero-order valence-corrected chi connectivity index (χ0v) is 21.7. The molecule has 5 heterocycles. The number of ether oxygens (including phenoxy) is 4. The average Bonchev–Trinajstić information content (AvgIpc) is 3.16. The van der Waals surface area contributed by atoms with Crippen LogP contribution in [0.25, 0.3) is 0 Å². The lowest BCUT2D eigenvalue weighted by Gasteiger charge is -2.63. The molecule has 0 amide bonds. The summed E-state index contributed by atoms with van der Waals surface area (Å²) < 4.78 is 25.1. The van der Waals surface area contributed by atoms with Crippen molar-refractivity contribution in [2.45, 2.75) is 94.1 Å². The predicted molar refractivity (Wildman–Crippen MR) is 124 cm³/mol. The molecule has 7 fully saturated rings. The first kappa shape index (κ1) is 23.7. The van der Waals surface area contributed by atoms with E-state index in [2.05, 4.69) is 0 Å². The molecule has 2 saturated carbocycles. The summed E-state index contributed by atoms with van der Waals surface area (Å²) in [4.78, 5) is 55.4. The molecule has 5 saturated heterocycles. The second-order valence-electron chi connectivity index (χ2n) is 13.6. The van der Waals surface area contributed by atoms with Gasteiger partial charge in [0.1, 0.15) is 11.9 Å². The van der Waals surface area contributed by atoms with Gasteiger partial charge in [0.25, 0.3) is 0 Å². The number of hydrogen-bond acceptors (Lipinski definition) is 10. The lowest BCUT2D eigenvalue weighted by atomic mass is 9.46. The number of hydrogen-bond donors (Lipinski definition) is 2. The quantitative estimate of drug-likeness (QED) is 0.341. The van der Waals surface area contributed by atoms with Gasteiger partial charge in [0, 0.05) is 12.3 Å². The summed E-state index contributed by atoms with van der Waals surface area (Å²) in [5.41, 5.74) is -6.81. The molecule has 3 aliphatic carbocycles. The molecule has 8 rings (SSSR count). The molecule has 10 heteroatoms. The molecule has 0 radical (unpaired) electrons. The number of esters is 2. The molecule has 204 valence electrons. The van der Waals surface area contributed by atoms with Crippen LogP contribution in [0.15, 0.2) is 11.6 Å². The molecule has 2 N–H and O–H groups in total. The summed E-state index contributed by atoms with van der Waals surface area (Å²) in [6.07, 6.45) is 1.42. The third-order valence-electron chi connectivity index (χ3n) is 12.3. The van der Waals surface area contributed by atoms with Crippen LogP contribution in [0.2, 0.25) is 0 Å². The van der Waals surface area contributed by atoms with Crippen molar-refractivity contribution in [3.63, 3.8) is 0 Å². The molecular formula is C28H32O10. The fourth-order valence-corrected chi connectivity index (χ4v) is 10.3. The van der Waals surface area contributed by atoms with E-state index >= 15 is 0 Å². The minimum atomic E-state index is -2.21. The van der Waals surface area contributed by atoms with Gasteiger partial charge in [0.15, 0.2) is 22.6 Å². The van der Waals surface area contributed by atoms with E-state index in [9.17, 15) is 29.4 Å². The van der Waals surface area contributed by atoms with E-state index in [0.29, 0.717) is 12.8 Å². The third kappa shape index (κ3) is 2.07. The van der Waals surface area contributed by atoms with Crippen molar-refractivity contribution < 1.29 is 48.3 Å². The molecule has 12 atom stereocenters. The van der Waals surface area contributed by atoms with Gasteiger partial charge in [0.05, 0.1) is 30.0 Å². The number of fused-ring (bicyclic) bond motifs is 5. The fraction of sp³-hybridized carbons (Fsp3) is 0.786. The minimum absolute atomic E-state index is 0.00959. The lowest BCUT2D eigenvalue weighted by molar-refractivity contribution is -0.374. The van der Waals surface area contributed by atoms with Gasteiger partial charge in [-0.15, -0.1) is 0 Å². The van der Waals surface area contributed by atoms with Gasteiger partial charge in [-0.05, 0) is 57.3 Å². The highest BCUT2D eigenvalue weighted by Gasteiger charge is 2.93. The van der Waals surface area contributed by atoms with E-state index in [-0.39, 0.29) is 43.9 Å². The van der Waals surface area contributed by atoms with Crippen molar-refractivity contribution in [3.8, 4) is 0 Å². The monoisotopic (exact) mass is 528 g/mol. The summed E-state index contributed by atoms with van der Waals surface area (Å²) in [5, 5.41) is 22.8.